The van der Waals surface area contributed by atoms with Gasteiger partial charge in [0.1, 0.15) is 5.60 Å². The SMILES string of the molecule is CCC(C)C(O)(CC)C(O)(Cc1ccccc1)C(C)=O. The van der Waals surface area contributed by atoms with E-state index in [1.54, 1.807) is 0 Å². The molecule has 3 atom stereocenters. The lowest BCUT2D eigenvalue weighted by Gasteiger charge is -2.45. The van der Waals surface area contributed by atoms with E-state index in [0.717, 1.165) is 5.56 Å². The van der Waals surface area contributed by atoms with E-state index in [4.69, 9.17) is 0 Å². The van der Waals surface area contributed by atoms with E-state index in [-0.39, 0.29) is 18.1 Å². The van der Waals surface area contributed by atoms with Crippen molar-refractivity contribution < 1.29 is 15.0 Å². The lowest BCUT2D eigenvalue weighted by molar-refractivity contribution is -0.188. The van der Waals surface area contributed by atoms with Gasteiger partial charge in [0, 0.05) is 6.42 Å². The van der Waals surface area contributed by atoms with Gasteiger partial charge in [-0.15, -0.1) is 0 Å². The first-order valence-electron chi connectivity index (χ1n) is 7.31. The molecule has 0 amide bonds. The molecule has 3 heteroatoms. The van der Waals surface area contributed by atoms with Crippen molar-refractivity contribution in [2.24, 2.45) is 5.92 Å². The molecule has 0 saturated carbocycles. The van der Waals surface area contributed by atoms with Crippen molar-refractivity contribution >= 4 is 5.78 Å². The third kappa shape index (κ3) is 2.94. The molecule has 1 aromatic carbocycles. The third-order valence-electron chi connectivity index (χ3n) is 4.57. The summed E-state index contributed by atoms with van der Waals surface area (Å²) < 4.78 is 0. The van der Waals surface area contributed by atoms with Gasteiger partial charge in [0.05, 0.1) is 0 Å². The average molecular weight is 278 g/mol. The van der Waals surface area contributed by atoms with Gasteiger partial charge in [-0.3, -0.25) is 4.79 Å². The summed E-state index contributed by atoms with van der Waals surface area (Å²) in [6.07, 6.45) is 1.18. The fourth-order valence-corrected chi connectivity index (χ4v) is 2.86. The molecule has 112 valence electrons. The van der Waals surface area contributed by atoms with Gasteiger partial charge < -0.3 is 10.2 Å². The summed E-state index contributed by atoms with van der Waals surface area (Å²) in [6.45, 7) is 6.99. The predicted octanol–water partition coefficient (Wildman–Crippen LogP) is 2.74. The van der Waals surface area contributed by atoms with Crippen molar-refractivity contribution in [2.75, 3.05) is 0 Å². The van der Waals surface area contributed by atoms with Crippen LogP contribution in [0.25, 0.3) is 0 Å². The highest BCUT2D eigenvalue weighted by Crippen LogP contribution is 2.38. The highest BCUT2D eigenvalue weighted by atomic mass is 16.4. The number of ketones is 1. The fourth-order valence-electron chi connectivity index (χ4n) is 2.86. The summed E-state index contributed by atoms with van der Waals surface area (Å²) in [5.74, 6) is -0.545. The van der Waals surface area contributed by atoms with E-state index >= 15 is 0 Å². The summed E-state index contributed by atoms with van der Waals surface area (Å²) in [5, 5.41) is 21.9. The summed E-state index contributed by atoms with van der Waals surface area (Å²) in [7, 11) is 0. The molecule has 3 nitrogen and oxygen atoms in total. The van der Waals surface area contributed by atoms with E-state index in [1.807, 2.05) is 51.1 Å². The van der Waals surface area contributed by atoms with Crippen LogP contribution in [0.3, 0.4) is 0 Å². The molecule has 0 spiro atoms. The number of carbonyl (C=O) groups is 1. The Kier molecular flexibility index (Phi) is 5.49. The number of aliphatic hydroxyl groups is 2. The maximum Gasteiger partial charge on any atom is 0.164 e. The Morgan fingerprint density at radius 2 is 1.75 bits per heavy atom. The number of carbonyl (C=O) groups excluding carboxylic acids is 1. The molecule has 0 aliphatic heterocycles. The van der Waals surface area contributed by atoms with Crippen molar-refractivity contribution in [3.05, 3.63) is 35.9 Å². The third-order valence-corrected chi connectivity index (χ3v) is 4.57. The lowest BCUT2D eigenvalue weighted by atomic mass is 9.67. The molecule has 0 radical (unpaired) electrons. The molecule has 0 aliphatic rings. The summed E-state index contributed by atoms with van der Waals surface area (Å²) in [5.41, 5.74) is -2.32. The van der Waals surface area contributed by atoms with Crippen molar-refractivity contribution in [3.63, 3.8) is 0 Å². The van der Waals surface area contributed by atoms with Gasteiger partial charge in [-0.25, -0.2) is 0 Å². The summed E-state index contributed by atoms with van der Waals surface area (Å²) in [6, 6.07) is 9.34. The Balaban J connectivity index is 3.23. The Bertz CT molecular complexity index is 443. The standard InChI is InChI=1S/C17H26O3/c1-5-13(3)16(19,6-2)17(20,14(4)18)12-15-10-8-7-9-11-15/h7-11,13,19-20H,5-6,12H2,1-4H3. The van der Waals surface area contributed by atoms with Crippen molar-refractivity contribution in [3.8, 4) is 0 Å². The van der Waals surface area contributed by atoms with Crippen molar-refractivity contribution in [1.82, 2.24) is 0 Å². The van der Waals surface area contributed by atoms with Crippen LogP contribution in [0.2, 0.25) is 0 Å². The van der Waals surface area contributed by atoms with Crippen LogP contribution in [-0.2, 0) is 11.2 Å². The van der Waals surface area contributed by atoms with E-state index < -0.39 is 11.2 Å². The Labute approximate surface area is 121 Å². The number of hydrogen-bond acceptors (Lipinski definition) is 3. The van der Waals surface area contributed by atoms with Gasteiger partial charge in [0.2, 0.25) is 0 Å². The Morgan fingerprint density at radius 3 is 2.15 bits per heavy atom. The average Bonchev–Trinajstić information content (AvgIpc) is 2.46. The largest absolute Gasteiger partial charge is 0.386 e. The second kappa shape index (κ2) is 6.51. The van der Waals surface area contributed by atoms with Gasteiger partial charge >= 0.3 is 0 Å². The maximum atomic E-state index is 12.1. The molecule has 0 fully saturated rings. The quantitative estimate of drug-likeness (QED) is 0.806. The molecule has 0 saturated heterocycles. The molecule has 1 aromatic rings. The zero-order chi connectivity index (χ0) is 15.4. The molecule has 0 heterocycles. The van der Waals surface area contributed by atoms with Crippen molar-refractivity contribution in [2.45, 2.75) is 58.2 Å². The van der Waals surface area contributed by atoms with E-state index in [2.05, 4.69) is 0 Å². The molecular weight excluding hydrogens is 252 g/mol. The van der Waals surface area contributed by atoms with Crippen LogP contribution in [0.15, 0.2) is 30.3 Å². The van der Waals surface area contributed by atoms with Crippen LogP contribution in [0.4, 0.5) is 0 Å². The van der Waals surface area contributed by atoms with Gasteiger partial charge in [0.15, 0.2) is 11.4 Å². The first kappa shape index (κ1) is 16.9. The molecule has 0 aromatic heterocycles. The topological polar surface area (TPSA) is 57.5 Å². The first-order chi connectivity index (χ1) is 9.31. The Morgan fingerprint density at radius 1 is 1.20 bits per heavy atom. The molecule has 3 unspecified atom stereocenters. The van der Waals surface area contributed by atoms with E-state index in [0.29, 0.717) is 12.8 Å². The molecular formula is C17H26O3. The molecule has 1 rings (SSSR count). The van der Waals surface area contributed by atoms with Gasteiger partial charge in [-0.05, 0) is 24.8 Å². The molecule has 20 heavy (non-hydrogen) atoms. The number of rotatable bonds is 7. The minimum absolute atomic E-state index is 0.137. The van der Waals surface area contributed by atoms with Gasteiger partial charge in [-0.1, -0.05) is 57.5 Å². The second-order valence-electron chi connectivity index (χ2n) is 5.67. The van der Waals surface area contributed by atoms with E-state index in [1.165, 1.54) is 6.92 Å². The van der Waals surface area contributed by atoms with Crippen LogP contribution in [0, 0.1) is 5.92 Å². The summed E-state index contributed by atoms with van der Waals surface area (Å²) >= 11 is 0. The maximum absolute atomic E-state index is 12.1. The number of hydrogen-bond donors (Lipinski definition) is 2. The monoisotopic (exact) mass is 278 g/mol. The van der Waals surface area contributed by atoms with Gasteiger partial charge in [-0.2, -0.15) is 0 Å². The first-order valence-corrected chi connectivity index (χ1v) is 7.31. The minimum atomic E-state index is -1.75. The van der Waals surface area contributed by atoms with Crippen LogP contribution < -0.4 is 0 Å². The Hall–Kier alpha value is -1.19. The molecule has 0 aliphatic carbocycles. The zero-order valence-corrected chi connectivity index (χ0v) is 12.9. The highest BCUT2D eigenvalue weighted by Gasteiger charge is 2.53. The smallest absolute Gasteiger partial charge is 0.164 e. The summed E-state index contributed by atoms with van der Waals surface area (Å²) in [4.78, 5) is 12.1. The van der Waals surface area contributed by atoms with Crippen LogP contribution in [0.1, 0.15) is 46.1 Å². The van der Waals surface area contributed by atoms with E-state index in [9.17, 15) is 15.0 Å². The second-order valence-corrected chi connectivity index (χ2v) is 5.67. The minimum Gasteiger partial charge on any atom is -0.386 e. The predicted molar refractivity (Wildman–Crippen MR) is 80.5 cm³/mol. The highest BCUT2D eigenvalue weighted by molar-refractivity contribution is 5.86. The molecule has 0 bridgehead atoms. The van der Waals surface area contributed by atoms with Crippen LogP contribution in [0.5, 0.6) is 0 Å². The molecule has 2 N–H and O–H groups in total. The lowest BCUT2D eigenvalue weighted by Crippen LogP contribution is -2.63. The van der Waals surface area contributed by atoms with Crippen LogP contribution >= 0.6 is 0 Å². The van der Waals surface area contributed by atoms with Crippen molar-refractivity contribution in [1.29, 1.82) is 0 Å². The zero-order valence-electron chi connectivity index (χ0n) is 12.9. The fraction of sp³-hybridized carbons (Fsp3) is 0.588. The van der Waals surface area contributed by atoms with Crippen LogP contribution in [-0.4, -0.2) is 27.2 Å². The number of benzene rings is 1. The number of Topliss-reactive ketones (excluding diaryl/α,β-unsaturated/α-hetero) is 1. The normalized spacial score (nSPS) is 18.9. The van der Waals surface area contributed by atoms with Gasteiger partial charge in [0.25, 0.3) is 0 Å².